The summed E-state index contributed by atoms with van der Waals surface area (Å²) < 4.78 is 42.3. The van der Waals surface area contributed by atoms with E-state index in [9.17, 15) is 27.6 Å². The van der Waals surface area contributed by atoms with Gasteiger partial charge in [-0.15, -0.1) is 11.3 Å². The fraction of sp³-hybridized carbons (Fsp3) is 0.579. The Morgan fingerprint density at radius 1 is 1.19 bits per heavy atom. The molecule has 0 spiro atoms. The molecular weight excluding hydrogens is 435 g/mol. The lowest BCUT2D eigenvalue weighted by Crippen LogP contribution is -2.43. The van der Waals surface area contributed by atoms with E-state index in [4.69, 9.17) is 0 Å². The van der Waals surface area contributed by atoms with E-state index in [0.29, 0.717) is 23.3 Å². The first kappa shape index (κ1) is 21.6. The number of alkyl halides is 3. The fourth-order valence-corrected chi connectivity index (χ4v) is 5.48. The summed E-state index contributed by atoms with van der Waals surface area (Å²) in [5.74, 6) is 0. The molecular formula is C19H22F3N5O3S. The van der Waals surface area contributed by atoms with Gasteiger partial charge in [-0.2, -0.15) is 18.3 Å². The Morgan fingerprint density at radius 3 is 2.52 bits per heavy atom. The van der Waals surface area contributed by atoms with Gasteiger partial charge in [0.15, 0.2) is 0 Å². The standard InChI is InChI=1S/C19H22F3N5O3S/c1-11-13(9-26-17(29)23-10-24-26)31-16-14(11)15(28)27(12-5-3-2-4-6-12)18(30)25(16)8-7-19(20,21)22/h10,12H,2-9H2,1H3,(H,23,24,29). The second-order valence-corrected chi connectivity index (χ2v) is 8.93. The number of thiophene rings is 1. The molecule has 1 saturated carbocycles. The molecule has 168 valence electrons. The number of H-pyrrole nitrogens is 1. The number of nitrogens with zero attached hydrogens (tertiary/aromatic N) is 4. The zero-order valence-corrected chi connectivity index (χ0v) is 17.7. The van der Waals surface area contributed by atoms with Gasteiger partial charge in [0.25, 0.3) is 5.56 Å². The predicted molar refractivity (Wildman–Crippen MR) is 110 cm³/mol. The summed E-state index contributed by atoms with van der Waals surface area (Å²) in [6, 6.07) is -0.313. The van der Waals surface area contributed by atoms with Crippen molar-refractivity contribution in [2.45, 2.75) is 70.8 Å². The van der Waals surface area contributed by atoms with E-state index < -0.39 is 36.1 Å². The minimum atomic E-state index is -4.44. The van der Waals surface area contributed by atoms with Crippen LogP contribution < -0.4 is 16.9 Å². The van der Waals surface area contributed by atoms with Crippen molar-refractivity contribution in [3.8, 4) is 0 Å². The lowest BCUT2D eigenvalue weighted by molar-refractivity contribution is -0.136. The van der Waals surface area contributed by atoms with Gasteiger partial charge in [0.2, 0.25) is 0 Å². The average Bonchev–Trinajstić information content (AvgIpc) is 3.25. The molecule has 0 amide bonds. The van der Waals surface area contributed by atoms with Crippen molar-refractivity contribution in [1.29, 1.82) is 0 Å². The summed E-state index contributed by atoms with van der Waals surface area (Å²) in [6.07, 6.45) is -0.321. The Morgan fingerprint density at radius 2 is 1.90 bits per heavy atom. The largest absolute Gasteiger partial charge is 0.390 e. The summed E-state index contributed by atoms with van der Waals surface area (Å²) in [5, 5.41) is 4.15. The maximum atomic E-state index is 13.3. The minimum Gasteiger partial charge on any atom is -0.295 e. The zero-order chi connectivity index (χ0) is 22.3. The molecule has 0 saturated heterocycles. The Labute approximate surface area is 177 Å². The number of aromatic amines is 1. The number of nitrogens with one attached hydrogen (secondary N) is 1. The smallest absolute Gasteiger partial charge is 0.295 e. The molecule has 31 heavy (non-hydrogen) atoms. The van der Waals surface area contributed by atoms with Crippen LogP contribution in [0.25, 0.3) is 10.2 Å². The molecule has 4 rings (SSSR count). The molecule has 1 aliphatic carbocycles. The van der Waals surface area contributed by atoms with Crippen molar-refractivity contribution < 1.29 is 13.2 Å². The molecule has 12 heteroatoms. The quantitative estimate of drug-likeness (QED) is 0.637. The highest BCUT2D eigenvalue weighted by molar-refractivity contribution is 7.18. The molecule has 3 heterocycles. The summed E-state index contributed by atoms with van der Waals surface area (Å²) in [5.41, 5.74) is -1.04. The highest BCUT2D eigenvalue weighted by atomic mass is 32.1. The molecule has 1 fully saturated rings. The summed E-state index contributed by atoms with van der Waals surface area (Å²) in [6.45, 7) is 1.19. The van der Waals surface area contributed by atoms with Crippen LogP contribution in [0, 0.1) is 6.92 Å². The third kappa shape index (κ3) is 4.12. The highest BCUT2D eigenvalue weighted by Crippen LogP contribution is 2.31. The lowest BCUT2D eigenvalue weighted by Gasteiger charge is -2.24. The molecule has 0 atom stereocenters. The maximum Gasteiger partial charge on any atom is 0.390 e. The number of rotatable bonds is 5. The van der Waals surface area contributed by atoms with E-state index in [1.807, 2.05) is 0 Å². The van der Waals surface area contributed by atoms with Gasteiger partial charge >= 0.3 is 17.6 Å². The van der Waals surface area contributed by atoms with Gasteiger partial charge in [0.05, 0.1) is 18.4 Å². The van der Waals surface area contributed by atoms with Crippen LogP contribution >= 0.6 is 11.3 Å². The monoisotopic (exact) mass is 457 g/mol. The van der Waals surface area contributed by atoms with E-state index in [2.05, 4.69) is 10.1 Å². The molecule has 0 unspecified atom stereocenters. The van der Waals surface area contributed by atoms with E-state index in [1.165, 1.54) is 6.33 Å². The van der Waals surface area contributed by atoms with Crippen molar-refractivity contribution in [3.63, 3.8) is 0 Å². The third-order valence-corrected chi connectivity index (χ3v) is 7.11. The van der Waals surface area contributed by atoms with Gasteiger partial charge < -0.3 is 0 Å². The number of aryl methyl sites for hydroxylation is 2. The van der Waals surface area contributed by atoms with Crippen LogP contribution in [0.5, 0.6) is 0 Å². The Balaban J connectivity index is 1.92. The van der Waals surface area contributed by atoms with Gasteiger partial charge in [-0.25, -0.2) is 14.3 Å². The SMILES string of the molecule is Cc1c(Cn2nc[nH]c2=O)sc2c1c(=O)n(C1CCCCC1)c(=O)n2CCC(F)(F)F. The second kappa shape index (κ2) is 8.13. The van der Waals surface area contributed by atoms with Crippen molar-refractivity contribution in [3.05, 3.63) is 48.1 Å². The molecule has 0 radical (unpaired) electrons. The van der Waals surface area contributed by atoms with Gasteiger partial charge in [-0.1, -0.05) is 19.3 Å². The highest BCUT2D eigenvalue weighted by Gasteiger charge is 2.30. The van der Waals surface area contributed by atoms with Crippen LogP contribution in [0.3, 0.4) is 0 Å². The Kier molecular flexibility index (Phi) is 5.67. The summed E-state index contributed by atoms with van der Waals surface area (Å²) >= 11 is 1.06. The van der Waals surface area contributed by atoms with Crippen LogP contribution in [0.15, 0.2) is 20.7 Å². The number of fused-ring (bicyclic) bond motifs is 1. The number of halogens is 3. The first-order chi connectivity index (χ1) is 14.7. The Hall–Kier alpha value is -2.63. The topological polar surface area (TPSA) is 94.7 Å². The van der Waals surface area contributed by atoms with Crippen LogP contribution in [0.4, 0.5) is 13.2 Å². The first-order valence-electron chi connectivity index (χ1n) is 10.1. The number of hydrogen-bond donors (Lipinski definition) is 1. The minimum absolute atomic E-state index is 0.0594. The number of aromatic nitrogens is 5. The Bertz CT molecular complexity index is 1270. The maximum absolute atomic E-state index is 13.3. The van der Waals surface area contributed by atoms with Crippen molar-refractivity contribution in [1.82, 2.24) is 23.9 Å². The summed E-state index contributed by atoms with van der Waals surface area (Å²) in [4.78, 5) is 41.6. The molecule has 0 bridgehead atoms. The molecule has 1 aliphatic rings. The van der Waals surface area contributed by atoms with E-state index >= 15 is 0 Å². The normalized spacial score (nSPS) is 15.7. The third-order valence-electron chi connectivity index (χ3n) is 5.81. The van der Waals surface area contributed by atoms with Crippen molar-refractivity contribution in [2.24, 2.45) is 0 Å². The molecule has 8 nitrogen and oxygen atoms in total. The van der Waals surface area contributed by atoms with Gasteiger partial charge in [0.1, 0.15) is 11.2 Å². The van der Waals surface area contributed by atoms with Crippen LogP contribution in [-0.4, -0.2) is 30.1 Å². The lowest BCUT2D eigenvalue weighted by atomic mass is 9.95. The second-order valence-electron chi connectivity index (χ2n) is 7.85. The number of hydrogen-bond acceptors (Lipinski definition) is 5. The summed E-state index contributed by atoms with van der Waals surface area (Å²) in [7, 11) is 0. The molecule has 3 aromatic rings. The van der Waals surface area contributed by atoms with E-state index in [-0.39, 0.29) is 22.8 Å². The first-order valence-corrected chi connectivity index (χ1v) is 10.9. The van der Waals surface area contributed by atoms with Crippen molar-refractivity contribution >= 4 is 21.6 Å². The van der Waals surface area contributed by atoms with Gasteiger partial charge in [0, 0.05) is 17.5 Å². The van der Waals surface area contributed by atoms with Crippen LogP contribution in [0.1, 0.15) is 55.0 Å². The predicted octanol–water partition coefficient (Wildman–Crippen LogP) is 2.92. The molecule has 0 aromatic carbocycles. The van der Waals surface area contributed by atoms with Gasteiger partial charge in [-0.3, -0.25) is 18.9 Å². The van der Waals surface area contributed by atoms with E-state index in [1.54, 1.807) is 6.92 Å². The zero-order valence-electron chi connectivity index (χ0n) is 16.9. The molecule has 0 aliphatic heterocycles. The van der Waals surface area contributed by atoms with E-state index in [0.717, 1.165) is 44.4 Å². The average molecular weight is 457 g/mol. The molecule has 1 N–H and O–H groups in total. The molecule has 3 aromatic heterocycles. The van der Waals surface area contributed by atoms with Gasteiger partial charge in [-0.05, 0) is 25.3 Å². The van der Waals surface area contributed by atoms with Crippen LogP contribution in [0.2, 0.25) is 0 Å². The van der Waals surface area contributed by atoms with Crippen LogP contribution in [-0.2, 0) is 13.1 Å². The fourth-order valence-electron chi connectivity index (χ4n) is 4.19. The van der Waals surface area contributed by atoms with Crippen molar-refractivity contribution in [2.75, 3.05) is 0 Å².